The molecule has 0 radical (unpaired) electrons. The molecule has 0 aliphatic carbocycles. The monoisotopic (exact) mass is 339 g/mol. The molecule has 130 valence electrons. The SMILES string of the molecule is Cn1nccc1CCN1C[C@@H](O)C[C@H]1c1ccccc1C(F)(F)F. The molecule has 1 N–H and O–H groups in total. The van der Waals surface area contributed by atoms with Crippen molar-refractivity contribution in [3.05, 3.63) is 53.3 Å². The Labute approximate surface area is 138 Å². The summed E-state index contributed by atoms with van der Waals surface area (Å²) in [7, 11) is 1.84. The molecule has 1 aliphatic heterocycles. The highest BCUT2D eigenvalue weighted by molar-refractivity contribution is 5.33. The van der Waals surface area contributed by atoms with E-state index in [9.17, 15) is 18.3 Å². The lowest BCUT2D eigenvalue weighted by atomic mass is 9.97. The Bertz CT molecular complexity index is 698. The average Bonchev–Trinajstić information content (AvgIpc) is 3.10. The molecule has 1 aromatic carbocycles. The van der Waals surface area contributed by atoms with E-state index in [1.807, 2.05) is 18.0 Å². The zero-order valence-electron chi connectivity index (χ0n) is 13.4. The van der Waals surface area contributed by atoms with Crippen LogP contribution in [0.4, 0.5) is 13.2 Å². The van der Waals surface area contributed by atoms with Gasteiger partial charge < -0.3 is 5.11 Å². The van der Waals surface area contributed by atoms with Crippen LogP contribution < -0.4 is 0 Å². The normalized spacial score (nSPS) is 22.2. The lowest BCUT2D eigenvalue weighted by Gasteiger charge is -2.26. The average molecular weight is 339 g/mol. The van der Waals surface area contributed by atoms with E-state index < -0.39 is 23.9 Å². The summed E-state index contributed by atoms with van der Waals surface area (Å²) in [5.74, 6) is 0. The van der Waals surface area contributed by atoms with Gasteiger partial charge in [-0.25, -0.2) is 0 Å². The molecular weight excluding hydrogens is 319 g/mol. The Morgan fingerprint density at radius 3 is 2.67 bits per heavy atom. The highest BCUT2D eigenvalue weighted by Gasteiger charge is 2.39. The number of hydrogen-bond acceptors (Lipinski definition) is 3. The third-order valence-corrected chi connectivity index (χ3v) is 4.58. The van der Waals surface area contributed by atoms with E-state index in [2.05, 4.69) is 5.10 Å². The standard InChI is InChI=1S/C17H20F3N3O/c1-22-12(6-8-21-22)7-9-23-11-13(24)10-16(23)14-4-2-3-5-15(14)17(18,19)20/h2-6,8,13,16,24H,7,9-11H2,1H3/t13-,16-/m0/s1. The molecule has 0 saturated carbocycles. The molecule has 0 spiro atoms. The topological polar surface area (TPSA) is 41.3 Å². The van der Waals surface area contributed by atoms with Gasteiger partial charge in [0.15, 0.2) is 0 Å². The first-order chi connectivity index (χ1) is 11.4. The number of alkyl halides is 3. The van der Waals surface area contributed by atoms with Crippen LogP contribution in [0.1, 0.15) is 29.3 Å². The predicted molar refractivity (Wildman–Crippen MR) is 83.3 cm³/mol. The fraction of sp³-hybridized carbons (Fsp3) is 0.471. The van der Waals surface area contributed by atoms with Gasteiger partial charge in [-0.05, 0) is 24.1 Å². The maximum absolute atomic E-state index is 13.3. The third kappa shape index (κ3) is 3.47. The predicted octanol–water partition coefficient (Wildman–Crippen LogP) is 2.79. The summed E-state index contributed by atoms with van der Waals surface area (Å²) in [6, 6.07) is 7.12. The van der Waals surface area contributed by atoms with Crippen molar-refractivity contribution in [2.24, 2.45) is 7.05 Å². The molecule has 2 atom stereocenters. The van der Waals surface area contributed by atoms with Gasteiger partial charge in [0.1, 0.15) is 0 Å². The van der Waals surface area contributed by atoms with E-state index in [0.29, 0.717) is 25.9 Å². The van der Waals surface area contributed by atoms with Crippen LogP contribution in [0.5, 0.6) is 0 Å². The van der Waals surface area contributed by atoms with E-state index in [4.69, 9.17) is 0 Å². The molecule has 2 heterocycles. The lowest BCUT2D eigenvalue weighted by molar-refractivity contribution is -0.138. The molecule has 24 heavy (non-hydrogen) atoms. The van der Waals surface area contributed by atoms with Crippen molar-refractivity contribution in [2.75, 3.05) is 13.1 Å². The second kappa shape index (κ2) is 6.57. The van der Waals surface area contributed by atoms with Gasteiger partial charge in [-0.1, -0.05) is 18.2 Å². The molecule has 0 bridgehead atoms. The van der Waals surface area contributed by atoms with Crippen molar-refractivity contribution in [1.82, 2.24) is 14.7 Å². The van der Waals surface area contributed by atoms with Crippen LogP contribution in [0.2, 0.25) is 0 Å². The largest absolute Gasteiger partial charge is 0.416 e. The number of β-amino-alcohol motifs (C(OH)–C–C–N with tert-alkyl or cyclic N) is 1. The number of aryl methyl sites for hydroxylation is 1. The zero-order valence-corrected chi connectivity index (χ0v) is 13.4. The fourth-order valence-electron chi connectivity index (χ4n) is 3.40. The smallest absolute Gasteiger partial charge is 0.392 e. The van der Waals surface area contributed by atoms with Crippen molar-refractivity contribution < 1.29 is 18.3 Å². The number of aromatic nitrogens is 2. The maximum atomic E-state index is 13.3. The van der Waals surface area contributed by atoms with Gasteiger partial charge in [0.2, 0.25) is 0 Å². The minimum Gasteiger partial charge on any atom is -0.392 e. The fourth-order valence-corrected chi connectivity index (χ4v) is 3.40. The second-order valence-corrected chi connectivity index (χ2v) is 6.18. The molecule has 4 nitrogen and oxygen atoms in total. The summed E-state index contributed by atoms with van der Waals surface area (Å²) in [6.07, 6.45) is -2.31. The lowest BCUT2D eigenvalue weighted by Crippen LogP contribution is -2.28. The molecule has 3 rings (SSSR count). The van der Waals surface area contributed by atoms with Gasteiger partial charge in [0.25, 0.3) is 0 Å². The van der Waals surface area contributed by atoms with Crippen molar-refractivity contribution in [3.63, 3.8) is 0 Å². The summed E-state index contributed by atoms with van der Waals surface area (Å²) in [4.78, 5) is 1.93. The van der Waals surface area contributed by atoms with E-state index in [-0.39, 0.29) is 5.56 Å². The van der Waals surface area contributed by atoms with E-state index in [1.54, 1.807) is 16.9 Å². The van der Waals surface area contributed by atoms with Crippen molar-refractivity contribution >= 4 is 0 Å². The highest BCUT2D eigenvalue weighted by Crippen LogP contribution is 2.40. The first-order valence-electron chi connectivity index (χ1n) is 7.91. The van der Waals surface area contributed by atoms with E-state index in [0.717, 1.165) is 11.8 Å². The van der Waals surface area contributed by atoms with Crippen molar-refractivity contribution in [1.29, 1.82) is 0 Å². The van der Waals surface area contributed by atoms with Gasteiger partial charge in [0, 0.05) is 44.5 Å². The Hall–Kier alpha value is -1.86. The zero-order chi connectivity index (χ0) is 17.3. The second-order valence-electron chi connectivity index (χ2n) is 6.18. The van der Waals surface area contributed by atoms with Gasteiger partial charge in [0.05, 0.1) is 11.7 Å². The number of aliphatic hydroxyl groups is 1. The molecule has 1 saturated heterocycles. The summed E-state index contributed by atoms with van der Waals surface area (Å²) in [6.45, 7) is 0.960. The highest BCUT2D eigenvalue weighted by atomic mass is 19.4. The Morgan fingerprint density at radius 1 is 1.25 bits per heavy atom. The number of benzene rings is 1. The van der Waals surface area contributed by atoms with Crippen LogP contribution in [0, 0.1) is 0 Å². The molecule has 0 amide bonds. The van der Waals surface area contributed by atoms with Crippen molar-refractivity contribution in [2.45, 2.75) is 31.2 Å². The quantitative estimate of drug-likeness (QED) is 0.931. The first-order valence-corrected chi connectivity index (χ1v) is 7.91. The minimum absolute atomic E-state index is 0.242. The minimum atomic E-state index is -4.39. The maximum Gasteiger partial charge on any atom is 0.416 e. The molecule has 2 aromatic rings. The molecule has 0 unspecified atom stereocenters. The number of hydrogen-bond donors (Lipinski definition) is 1. The van der Waals surface area contributed by atoms with Crippen LogP contribution in [0.15, 0.2) is 36.5 Å². The van der Waals surface area contributed by atoms with Gasteiger partial charge >= 0.3 is 6.18 Å². The van der Waals surface area contributed by atoms with Gasteiger partial charge in [-0.2, -0.15) is 18.3 Å². The Kier molecular flexibility index (Phi) is 4.64. The summed E-state index contributed by atoms with van der Waals surface area (Å²) in [5.41, 5.74) is 0.639. The number of halogens is 3. The van der Waals surface area contributed by atoms with Crippen molar-refractivity contribution in [3.8, 4) is 0 Å². The summed E-state index contributed by atoms with van der Waals surface area (Å²) < 4.78 is 41.6. The Morgan fingerprint density at radius 2 is 2.00 bits per heavy atom. The van der Waals surface area contributed by atoms with Crippen LogP contribution in [0.25, 0.3) is 0 Å². The van der Waals surface area contributed by atoms with Gasteiger partial charge in [-0.3, -0.25) is 9.58 Å². The number of aliphatic hydroxyl groups excluding tert-OH is 1. The summed E-state index contributed by atoms with van der Waals surface area (Å²) in [5, 5.41) is 14.1. The van der Waals surface area contributed by atoms with Crippen LogP contribution >= 0.6 is 0 Å². The number of likely N-dealkylation sites (tertiary alicyclic amines) is 1. The number of nitrogens with zero attached hydrogens (tertiary/aromatic N) is 3. The van der Waals surface area contributed by atoms with Crippen LogP contribution in [0.3, 0.4) is 0 Å². The molecule has 1 aromatic heterocycles. The molecular formula is C17H20F3N3O. The molecule has 1 aliphatic rings. The molecule has 7 heteroatoms. The third-order valence-electron chi connectivity index (χ3n) is 4.58. The Balaban J connectivity index is 1.82. The molecule has 1 fully saturated rings. The van der Waals surface area contributed by atoms with Crippen LogP contribution in [-0.4, -0.2) is 39.0 Å². The van der Waals surface area contributed by atoms with Crippen LogP contribution in [-0.2, 0) is 19.6 Å². The van der Waals surface area contributed by atoms with Gasteiger partial charge in [-0.15, -0.1) is 0 Å². The van der Waals surface area contributed by atoms with E-state index in [1.165, 1.54) is 12.1 Å². The van der Waals surface area contributed by atoms with E-state index >= 15 is 0 Å². The number of rotatable bonds is 4. The summed E-state index contributed by atoms with van der Waals surface area (Å²) >= 11 is 0. The first kappa shape index (κ1) is 17.0.